The molecule has 3 heterocycles. The van der Waals surface area contributed by atoms with Gasteiger partial charge in [-0.3, -0.25) is 0 Å². The smallest absolute Gasteiger partial charge is 0.179 e. The molecule has 96 valence electrons. The summed E-state index contributed by atoms with van der Waals surface area (Å²) in [7, 11) is 0. The predicted molar refractivity (Wildman–Crippen MR) is 76.2 cm³/mol. The summed E-state index contributed by atoms with van der Waals surface area (Å²) in [6, 6.07) is 2.00. The van der Waals surface area contributed by atoms with Gasteiger partial charge in [0, 0.05) is 23.8 Å². The molecule has 4 nitrogen and oxygen atoms in total. The maximum absolute atomic E-state index is 5.64. The molecule has 0 aliphatic carbocycles. The SMILES string of the molecule is S=c1[nH]c2cc(Br)cnc2n1CCC1CCCO1. The molecular weight excluding hydrogens is 314 g/mol. The van der Waals surface area contributed by atoms with Crippen LogP contribution in [0.1, 0.15) is 19.3 Å². The number of pyridine rings is 1. The third-order valence-corrected chi connectivity index (χ3v) is 4.03. The normalized spacial score (nSPS) is 19.7. The molecule has 1 atom stereocenters. The zero-order valence-electron chi connectivity index (χ0n) is 9.86. The van der Waals surface area contributed by atoms with Crippen molar-refractivity contribution in [3.05, 3.63) is 21.5 Å². The first kappa shape index (κ1) is 12.3. The minimum absolute atomic E-state index is 0.382. The quantitative estimate of drug-likeness (QED) is 0.878. The van der Waals surface area contributed by atoms with E-state index < -0.39 is 0 Å². The molecule has 0 bridgehead atoms. The van der Waals surface area contributed by atoms with Crippen LogP contribution in [0.3, 0.4) is 0 Å². The van der Waals surface area contributed by atoms with Crippen molar-refractivity contribution in [3.8, 4) is 0 Å². The second-order valence-corrected chi connectivity index (χ2v) is 5.83. The number of hydrogen-bond donors (Lipinski definition) is 1. The Morgan fingerprint density at radius 2 is 2.50 bits per heavy atom. The molecule has 1 fully saturated rings. The van der Waals surface area contributed by atoms with Crippen molar-refractivity contribution >= 4 is 39.3 Å². The van der Waals surface area contributed by atoms with E-state index in [0.29, 0.717) is 6.10 Å². The van der Waals surface area contributed by atoms with Gasteiger partial charge in [0.25, 0.3) is 0 Å². The van der Waals surface area contributed by atoms with Crippen LogP contribution in [0.2, 0.25) is 0 Å². The van der Waals surface area contributed by atoms with Gasteiger partial charge in [-0.05, 0) is 53.5 Å². The van der Waals surface area contributed by atoms with Gasteiger partial charge in [-0.15, -0.1) is 0 Å². The highest BCUT2D eigenvalue weighted by Gasteiger charge is 2.16. The Morgan fingerprint density at radius 3 is 3.28 bits per heavy atom. The summed E-state index contributed by atoms with van der Waals surface area (Å²) in [6.45, 7) is 1.76. The Kier molecular flexibility index (Phi) is 3.50. The van der Waals surface area contributed by atoms with E-state index in [9.17, 15) is 0 Å². The number of aromatic nitrogens is 3. The van der Waals surface area contributed by atoms with Crippen LogP contribution in [0, 0.1) is 4.77 Å². The number of nitrogens with zero attached hydrogens (tertiary/aromatic N) is 2. The number of rotatable bonds is 3. The summed E-state index contributed by atoms with van der Waals surface area (Å²) in [5.41, 5.74) is 1.89. The summed E-state index contributed by atoms with van der Waals surface area (Å²) in [5.74, 6) is 0. The van der Waals surface area contributed by atoms with Gasteiger partial charge >= 0.3 is 0 Å². The van der Waals surface area contributed by atoms with Crippen molar-refractivity contribution in [1.82, 2.24) is 14.5 Å². The lowest BCUT2D eigenvalue weighted by molar-refractivity contribution is 0.100. The molecule has 1 aliphatic rings. The average Bonchev–Trinajstić information content (AvgIpc) is 2.93. The highest BCUT2D eigenvalue weighted by atomic mass is 79.9. The standard InChI is InChI=1S/C12H14BrN3OS/c13-8-6-10-11(14-7-8)16(12(18)15-10)4-3-9-2-1-5-17-9/h6-7,9H,1-5H2,(H,15,18). The molecule has 2 aromatic rings. The molecule has 1 aliphatic heterocycles. The maximum Gasteiger partial charge on any atom is 0.179 e. The second-order valence-electron chi connectivity index (χ2n) is 4.53. The Labute approximate surface area is 118 Å². The molecule has 1 unspecified atom stereocenters. The van der Waals surface area contributed by atoms with Crippen LogP contribution in [0.25, 0.3) is 11.2 Å². The van der Waals surface area contributed by atoms with Crippen molar-refractivity contribution in [3.63, 3.8) is 0 Å². The van der Waals surface area contributed by atoms with E-state index in [1.165, 1.54) is 6.42 Å². The number of aromatic amines is 1. The Balaban J connectivity index is 1.86. The lowest BCUT2D eigenvalue weighted by atomic mass is 10.2. The molecule has 3 rings (SSSR count). The zero-order chi connectivity index (χ0) is 12.5. The second kappa shape index (κ2) is 5.11. The van der Waals surface area contributed by atoms with E-state index in [2.05, 4.69) is 30.5 Å². The maximum atomic E-state index is 5.64. The van der Waals surface area contributed by atoms with Crippen molar-refractivity contribution < 1.29 is 4.74 Å². The van der Waals surface area contributed by atoms with Crippen LogP contribution < -0.4 is 0 Å². The van der Waals surface area contributed by atoms with Gasteiger partial charge in [-0.25, -0.2) is 4.98 Å². The third-order valence-electron chi connectivity index (χ3n) is 3.27. The van der Waals surface area contributed by atoms with Crippen molar-refractivity contribution in [2.45, 2.75) is 31.9 Å². The highest BCUT2D eigenvalue weighted by molar-refractivity contribution is 9.10. The van der Waals surface area contributed by atoms with Crippen LogP contribution >= 0.6 is 28.1 Å². The largest absolute Gasteiger partial charge is 0.378 e. The fourth-order valence-electron chi connectivity index (χ4n) is 2.37. The number of nitrogens with one attached hydrogen (secondary N) is 1. The van der Waals surface area contributed by atoms with E-state index in [-0.39, 0.29) is 0 Å². The first-order valence-corrected chi connectivity index (χ1v) is 7.30. The van der Waals surface area contributed by atoms with Gasteiger partial charge in [-0.2, -0.15) is 0 Å². The van der Waals surface area contributed by atoms with E-state index in [0.717, 1.165) is 46.4 Å². The lowest BCUT2D eigenvalue weighted by Gasteiger charge is -2.09. The Morgan fingerprint density at radius 1 is 1.61 bits per heavy atom. The molecule has 0 spiro atoms. The first-order valence-electron chi connectivity index (χ1n) is 6.10. The Hall–Kier alpha value is -0.720. The summed E-state index contributed by atoms with van der Waals surface area (Å²) in [4.78, 5) is 7.61. The lowest BCUT2D eigenvalue weighted by Crippen LogP contribution is -2.10. The molecule has 0 amide bonds. The summed E-state index contributed by atoms with van der Waals surface area (Å²) >= 11 is 8.76. The fourth-order valence-corrected chi connectivity index (χ4v) is 2.99. The molecule has 6 heteroatoms. The number of halogens is 1. The third kappa shape index (κ3) is 2.37. The molecule has 0 aromatic carbocycles. The van der Waals surface area contributed by atoms with E-state index >= 15 is 0 Å². The summed E-state index contributed by atoms with van der Waals surface area (Å²) in [6.07, 6.45) is 5.52. The monoisotopic (exact) mass is 327 g/mol. The van der Waals surface area contributed by atoms with E-state index in [1.807, 2.05) is 6.07 Å². The first-order chi connectivity index (χ1) is 8.74. The van der Waals surface area contributed by atoms with Crippen LogP contribution in [0.4, 0.5) is 0 Å². The molecule has 18 heavy (non-hydrogen) atoms. The number of ether oxygens (including phenoxy) is 1. The number of fused-ring (bicyclic) bond motifs is 1. The summed E-state index contributed by atoms with van der Waals surface area (Å²) in [5, 5.41) is 0. The van der Waals surface area contributed by atoms with E-state index in [4.69, 9.17) is 17.0 Å². The average molecular weight is 328 g/mol. The van der Waals surface area contributed by atoms with Gasteiger partial charge in [0.05, 0.1) is 11.6 Å². The number of aryl methyl sites for hydroxylation is 1. The van der Waals surface area contributed by atoms with Crippen molar-refractivity contribution in [2.75, 3.05) is 6.61 Å². The van der Waals surface area contributed by atoms with Crippen molar-refractivity contribution in [1.29, 1.82) is 0 Å². The summed E-state index contributed by atoms with van der Waals surface area (Å²) < 4.78 is 9.38. The van der Waals surface area contributed by atoms with Crippen LogP contribution in [0.5, 0.6) is 0 Å². The number of H-pyrrole nitrogens is 1. The van der Waals surface area contributed by atoms with Gasteiger partial charge in [0.15, 0.2) is 10.4 Å². The molecule has 0 radical (unpaired) electrons. The van der Waals surface area contributed by atoms with Crippen LogP contribution in [0.15, 0.2) is 16.7 Å². The Bertz CT molecular complexity index is 615. The van der Waals surface area contributed by atoms with Crippen molar-refractivity contribution in [2.24, 2.45) is 0 Å². The minimum atomic E-state index is 0.382. The minimum Gasteiger partial charge on any atom is -0.378 e. The van der Waals surface area contributed by atoms with Gasteiger partial charge in [-0.1, -0.05) is 0 Å². The zero-order valence-corrected chi connectivity index (χ0v) is 12.3. The van der Waals surface area contributed by atoms with Gasteiger partial charge < -0.3 is 14.3 Å². The number of hydrogen-bond acceptors (Lipinski definition) is 3. The topological polar surface area (TPSA) is 42.8 Å². The molecular formula is C12H14BrN3OS. The van der Waals surface area contributed by atoms with Gasteiger partial charge in [0.1, 0.15) is 0 Å². The number of imidazole rings is 1. The molecule has 1 N–H and O–H groups in total. The molecule has 1 saturated heterocycles. The van der Waals surface area contributed by atoms with Gasteiger partial charge in [0.2, 0.25) is 0 Å². The van der Waals surface area contributed by atoms with E-state index in [1.54, 1.807) is 6.20 Å². The van der Waals surface area contributed by atoms with Crippen LogP contribution in [-0.2, 0) is 11.3 Å². The highest BCUT2D eigenvalue weighted by Crippen LogP contribution is 2.20. The fraction of sp³-hybridized carbons (Fsp3) is 0.500. The molecule has 2 aromatic heterocycles. The van der Waals surface area contributed by atoms with Crippen LogP contribution in [-0.4, -0.2) is 27.2 Å². The predicted octanol–water partition coefficient (Wildman–Crippen LogP) is 3.43. The molecule has 0 saturated carbocycles.